The quantitative estimate of drug-likeness (QED) is 0.198. The molecule has 0 amide bonds. The molecule has 0 aliphatic heterocycles. The van der Waals surface area contributed by atoms with Crippen LogP contribution in [0.15, 0.2) is 162 Å². The Morgan fingerprint density at radius 1 is 0.419 bits per heavy atom. The number of furan rings is 1. The Kier molecular flexibility index (Phi) is 3.67. The van der Waals surface area contributed by atoms with Gasteiger partial charge in [0.15, 0.2) is 0 Å². The zero-order valence-electron chi connectivity index (χ0n) is 31.7. The molecule has 0 N–H and O–H groups in total. The van der Waals surface area contributed by atoms with Crippen LogP contribution in [0.3, 0.4) is 0 Å². The van der Waals surface area contributed by atoms with E-state index in [9.17, 15) is 4.11 Å². The first-order valence-electron chi connectivity index (χ1n) is 18.5. The van der Waals surface area contributed by atoms with Crippen molar-refractivity contribution in [2.45, 2.75) is 0 Å². The van der Waals surface area contributed by atoms with Crippen LogP contribution in [0.25, 0.3) is 87.6 Å². The molecular weight excluding hydrogens is 520 g/mol. The molecule has 0 radical (unpaired) electrons. The average Bonchev–Trinajstić information content (AvgIpc) is 3.58. The number of hydrogen-bond donors (Lipinski definition) is 0. The van der Waals surface area contributed by atoms with Gasteiger partial charge >= 0.3 is 0 Å². The van der Waals surface area contributed by atoms with Gasteiger partial charge in [-0.05, 0) is 84.5 Å². The lowest BCUT2D eigenvalue weighted by Crippen LogP contribution is -1.91. The van der Waals surface area contributed by atoms with Gasteiger partial charge in [0.05, 0.1) is 12.3 Å². The standard InChI is InChI=1S/C42H26O/c1-2-11-27(12-3-1)29-14-10-15-30(25-29)40-33-17-6-8-19-35(33)41(36-20-9-7-18-34(36)40)31-22-24-39-38(26-31)37-23-21-28-13-4-5-16-32(28)42(37)43-39/h1-26H/i4D,5D,13D,16D,21D,22D,23D,24D,26D. The van der Waals surface area contributed by atoms with Gasteiger partial charge < -0.3 is 4.42 Å². The summed E-state index contributed by atoms with van der Waals surface area (Å²) in [6.07, 6.45) is 0. The molecule has 1 heteroatoms. The zero-order chi connectivity index (χ0) is 36.2. The van der Waals surface area contributed by atoms with Gasteiger partial charge in [0.25, 0.3) is 0 Å². The molecule has 0 spiro atoms. The minimum Gasteiger partial charge on any atom is -0.455 e. The van der Waals surface area contributed by atoms with Crippen molar-refractivity contribution >= 4 is 54.3 Å². The van der Waals surface area contributed by atoms with Crippen molar-refractivity contribution in [1.29, 1.82) is 0 Å². The molecule has 0 unspecified atom stereocenters. The Bertz CT molecular complexity index is 2950. The first-order valence-corrected chi connectivity index (χ1v) is 14.0. The molecule has 0 saturated carbocycles. The molecule has 9 rings (SSSR count). The lowest BCUT2D eigenvalue weighted by molar-refractivity contribution is 0.672. The number of rotatable bonds is 3. The zero-order valence-corrected chi connectivity index (χ0v) is 22.7. The number of fused-ring (bicyclic) bond motifs is 7. The summed E-state index contributed by atoms with van der Waals surface area (Å²) in [5, 5.41) is 3.09. The lowest BCUT2D eigenvalue weighted by atomic mass is 9.85. The predicted octanol–water partition coefficient (Wildman–Crippen LogP) is 12.0. The summed E-state index contributed by atoms with van der Waals surface area (Å²) in [4.78, 5) is 0. The lowest BCUT2D eigenvalue weighted by Gasteiger charge is -2.18. The Hall–Kier alpha value is -5.66. The molecule has 0 bridgehead atoms. The van der Waals surface area contributed by atoms with Gasteiger partial charge in [-0.25, -0.2) is 0 Å². The van der Waals surface area contributed by atoms with E-state index >= 15 is 0 Å². The van der Waals surface area contributed by atoms with Crippen molar-refractivity contribution in [2.24, 2.45) is 0 Å². The Labute approximate surface area is 261 Å². The van der Waals surface area contributed by atoms with E-state index in [4.69, 9.17) is 12.6 Å². The van der Waals surface area contributed by atoms with Crippen molar-refractivity contribution in [3.63, 3.8) is 0 Å². The normalized spacial score (nSPS) is 14.7. The number of hydrogen-bond acceptors (Lipinski definition) is 1. The minimum atomic E-state index is -0.534. The maximum atomic E-state index is 9.69. The fourth-order valence-electron chi connectivity index (χ4n) is 6.23. The van der Waals surface area contributed by atoms with Crippen molar-refractivity contribution < 1.29 is 16.8 Å². The fourth-order valence-corrected chi connectivity index (χ4v) is 6.23. The van der Waals surface area contributed by atoms with Gasteiger partial charge in [-0.3, -0.25) is 0 Å². The summed E-state index contributed by atoms with van der Waals surface area (Å²) >= 11 is 0. The van der Waals surface area contributed by atoms with Crippen LogP contribution in [0.1, 0.15) is 12.3 Å². The molecule has 0 atom stereocenters. The molecule has 8 aromatic carbocycles. The summed E-state index contributed by atoms with van der Waals surface area (Å²) in [6.45, 7) is 0. The molecule has 1 aromatic heterocycles. The molecule has 9 aromatic rings. The van der Waals surface area contributed by atoms with Crippen molar-refractivity contribution in [3.8, 4) is 33.4 Å². The van der Waals surface area contributed by atoms with Crippen molar-refractivity contribution in [1.82, 2.24) is 0 Å². The molecule has 0 saturated heterocycles. The van der Waals surface area contributed by atoms with Crippen LogP contribution in [0.5, 0.6) is 0 Å². The maximum Gasteiger partial charge on any atom is 0.143 e. The van der Waals surface area contributed by atoms with Crippen LogP contribution >= 0.6 is 0 Å². The van der Waals surface area contributed by atoms with Gasteiger partial charge in [0.2, 0.25) is 0 Å². The molecule has 0 aliphatic carbocycles. The third kappa shape index (κ3) is 3.72. The molecule has 1 heterocycles. The summed E-state index contributed by atoms with van der Waals surface area (Å²) in [5.41, 5.74) is 4.61. The highest BCUT2D eigenvalue weighted by Gasteiger charge is 2.18. The molecule has 0 aliphatic rings. The van der Waals surface area contributed by atoms with E-state index < -0.39 is 30.2 Å². The van der Waals surface area contributed by atoms with Crippen molar-refractivity contribution in [2.75, 3.05) is 0 Å². The van der Waals surface area contributed by atoms with E-state index in [0.717, 1.165) is 43.8 Å². The summed E-state index contributed by atoms with van der Waals surface area (Å²) < 4.78 is 85.9. The third-order valence-corrected chi connectivity index (χ3v) is 8.13. The van der Waals surface area contributed by atoms with Crippen LogP contribution in [0.2, 0.25) is 0 Å². The smallest absolute Gasteiger partial charge is 0.143 e. The summed E-state index contributed by atoms with van der Waals surface area (Å²) in [6, 6.07) is 30.6. The van der Waals surface area contributed by atoms with Crippen LogP contribution in [0, 0.1) is 0 Å². The third-order valence-electron chi connectivity index (χ3n) is 8.13. The Morgan fingerprint density at radius 3 is 1.79 bits per heavy atom. The van der Waals surface area contributed by atoms with E-state index in [2.05, 4.69) is 30.3 Å². The largest absolute Gasteiger partial charge is 0.455 e. The maximum absolute atomic E-state index is 9.69. The van der Waals surface area contributed by atoms with Gasteiger partial charge in [0, 0.05) is 16.2 Å². The monoisotopic (exact) mass is 555 g/mol. The van der Waals surface area contributed by atoms with Gasteiger partial charge in [-0.15, -0.1) is 0 Å². The fraction of sp³-hybridized carbons (Fsp3) is 0. The Morgan fingerprint density at radius 2 is 1.05 bits per heavy atom. The highest BCUT2D eigenvalue weighted by Crippen LogP contribution is 2.45. The first-order chi connectivity index (χ1) is 25.1. The first kappa shape index (κ1) is 16.7. The molecule has 43 heavy (non-hydrogen) atoms. The van der Waals surface area contributed by atoms with E-state index in [1.165, 1.54) is 0 Å². The summed E-state index contributed by atoms with van der Waals surface area (Å²) in [5.74, 6) is 0. The van der Waals surface area contributed by atoms with Crippen LogP contribution in [-0.2, 0) is 0 Å². The van der Waals surface area contributed by atoms with Gasteiger partial charge in [0.1, 0.15) is 11.2 Å². The van der Waals surface area contributed by atoms with Crippen LogP contribution in [0.4, 0.5) is 0 Å². The van der Waals surface area contributed by atoms with Gasteiger partial charge in [-0.1, -0.05) is 133 Å². The second-order valence-corrected chi connectivity index (χ2v) is 10.5. The summed E-state index contributed by atoms with van der Waals surface area (Å²) in [7, 11) is 0. The topological polar surface area (TPSA) is 13.1 Å². The predicted molar refractivity (Wildman–Crippen MR) is 183 cm³/mol. The average molecular weight is 556 g/mol. The highest BCUT2D eigenvalue weighted by molar-refractivity contribution is 6.23. The van der Waals surface area contributed by atoms with E-state index in [0.29, 0.717) is 5.56 Å². The molecule has 200 valence electrons. The molecule has 1 nitrogen and oxygen atoms in total. The minimum absolute atomic E-state index is 0.000221. The van der Waals surface area contributed by atoms with E-state index in [1.807, 2.05) is 72.8 Å². The number of benzene rings is 8. The second-order valence-electron chi connectivity index (χ2n) is 10.5. The van der Waals surface area contributed by atoms with E-state index in [1.54, 1.807) is 0 Å². The Balaban J connectivity index is 1.42. The molecular formula is C42H26O. The van der Waals surface area contributed by atoms with Crippen molar-refractivity contribution in [3.05, 3.63) is 158 Å². The second kappa shape index (κ2) is 9.44. The molecule has 0 fully saturated rings. The van der Waals surface area contributed by atoms with Crippen LogP contribution < -0.4 is 0 Å². The SMILES string of the molecule is [2H]c1c(-c2c3ccccc3c(-c3cccc(-c4ccccc4)c3)c3ccccc23)c([2H])c2c(oc3c4c([2H])c([2H])c([2H])c([2H])c4c([2H])c([2H])c32)c1[2H]. The highest BCUT2D eigenvalue weighted by atomic mass is 16.3. The van der Waals surface area contributed by atoms with Crippen LogP contribution in [-0.4, -0.2) is 0 Å². The van der Waals surface area contributed by atoms with E-state index in [-0.39, 0.29) is 62.4 Å². The van der Waals surface area contributed by atoms with Gasteiger partial charge in [-0.2, -0.15) is 0 Å².